The number of benzene rings is 2. The molecule has 1 aliphatic carbocycles. The molecule has 1 N–H and O–H groups in total. The molecule has 4 heteroatoms. The molecule has 0 radical (unpaired) electrons. The molecule has 0 aromatic heterocycles. The van der Waals surface area contributed by atoms with Crippen LogP contribution in [-0.2, 0) is 0 Å². The number of allylic oxidation sites excluding steroid dienone is 4. The lowest BCUT2D eigenvalue weighted by Crippen LogP contribution is -2.11. The highest BCUT2D eigenvalue weighted by atomic mass is 35.5. The lowest BCUT2D eigenvalue weighted by molar-refractivity contribution is 0.102. The maximum absolute atomic E-state index is 12.2. The zero-order valence-electron chi connectivity index (χ0n) is 13.3. The van der Waals surface area contributed by atoms with E-state index in [1.165, 1.54) is 0 Å². The standard InChI is InChI=1S/C20H18ClNO2/c1-14-5-2-3-8-19(14)24-18-11-9-17(10-12-18)22-20(23)15-6-4-7-16(21)13-15/h2-4,6-14H,5H2,1H3,(H,22,23). The van der Waals surface area contributed by atoms with Crippen molar-refractivity contribution in [1.29, 1.82) is 0 Å². The molecule has 2 aromatic rings. The second-order valence-corrected chi connectivity index (χ2v) is 6.16. The number of carbonyl (C=O) groups excluding carboxylic acids is 1. The Balaban J connectivity index is 1.65. The summed E-state index contributed by atoms with van der Waals surface area (Å²) < 4.78 is 5.91. The van der Waals surface area contributed by atoms with Crippen LogP contribution in [0, 0.1) is 5.92 Å². The average Bonchev–Trinajstić information content (AvgIpc) is 2.58. The number of hydrogen-bond acceptors (Lipinski definition) is 2. The number of rotatable bonds is 4. The van der Waals surface area contributed by atoms with Crippen LogP contribution in [0.15, 0.2) is 72.5 Å². The molecule has 24 heavy (non-hydrogen) atoms. The maximum atomic E-state index is 12.2. The molecule has 0 spiro atoms. The Morgan fingerprint density at radius 2 is 2.00 bits per heavy atom. The van der Waals surface area contributed by atoms with E-state index in [1.54, 1.807) is 24.3 Å². The van der Waals surface area contributed by atoms with Crippen molar-refractivity contribution < 1.29 is 9.53 Å². The smallest absolute Gasteiger partial charge is 0.255 e. The summed E-state index contributed by atoms with van der Waals surface area (Å²) in [5, 5.41) is 3.38. The van der Waals surface area contributed by atoms with Crippen LogP contribution in [0.4, 0.5) is 5.69 Å². The minimum Gasteiger partial charge on any atom is -0.461 e. The van der Waals surface area contributed by atoms with E-state index in [0.29, 0.717) is 22.2 Å². The largest absolute Gasteiger partial charge is 0.461 e. The van der Waals surface area contributed by atoms with E-state index in [4.69, 9.17) is 16.3 Å². The fourth-order valence-corrected chi connectivity index (χ4v) is 2.63. The molecule has 3 nitrogen and oxygen atoms in total. The van der Waals surface area contributed by atoms with E-state index in [2.05, 4.69) is 18.3 Å². The van der Waals surface area contributed by atoms with Crippen LogP contribution in [-0.4, -0.2) is 5.91 Å². The van der Waals surface area contributed by atoms with Gasteiger partial charge in [-0.15, -0.1) is 0 Å². The first kappa shape index (κ1) is 16.3. The summed E-state index contributed by atoms with van der Waals surface area (Å²) in [5.74, 6) is 1.88. The second-order valence-electron chi connectivity index (χ2n) is 5.72. The van der Waals surface area contributed by atoms with Crippen molar-refractivity contribution in [2.24, 2.45) is 5.92 Å². The molecular weight excluding hydrogens is 322 g/mol. The number of amides is 1. The fourth-order valence-electron chi connectivity index (χ4n) is 2.44. The summed E-state index contributed by atoms with van der Waals surface area (Å²) in [6.07, 6.45) is 7.11. The van der Waals surface area contributed by atoms with E-state index in [-0.39, 0.29) is 5.91 Å². The molecule has 0 saturated carbocycles. The molecule has 0 aliphatic heterocycles. The van der Waals surface area contributed by atoms with Crippen molar-refractivity contribution in [3.05, 3.63) is 83.1 Å². The highest BCUT2D eigenvalue weighted by Gasteiger charge is 2.12. The summed E-state index contributed by atoms with van der Waals surface area (Å²) in [5.41, 5.74) is 1.23. The fraction of sp³-hybridized carbons (Fsp3) is 0.150. The molecular formula is C20H18ClNO2. The van der Waals surface area contributed by atoms with Crippen LogP contribution < -0.4 is 10.1 Å². The summed E-state index contributed by atoms with van der Waals surface area (Å²) in [6, 6.07) is 14.2. The van der Waals surface area contributed by atoms with Gasteiger partial charge in [0.15, 0.2) is 0 Å². The summed E-state index contributed by atoms with van der Waals surface area (Å²) in [4.78, 5) is 12.2. The van der Waals surface area contributed by atoms with Crippen molar-refractivity contribution in [1.82, 2.24) is 0 Å². The number of hydrogen-bond donors (Lipinski definition) is 1. The SMILES string of the molecule is CC1CC=CC=C1Oc1ccc(NC(=O)c2cccc(Cl)c2)cc1. The quantitative estimate of drug-likeness (QED) is 0.804. The molecule has 1 amide bonds. The van der Waals surface area contributed by atoms with Gasteiger partial charge in [-0.3, -0.25) is 4.79 Å². The van der Waals surface area contributed by atoms with E-state index in [9.17, 15) is 4.79 Å². The van der Waals surface area contributed by atoms with Gasteiger partial charge in [0.05, 0.1) is 0 Å². The zero-order chi connectivity index (χ0) is 16.9. The molecule has 0 saturated heterocycles. The second kappa shape index (κ2) is 7.37. The van der Waals surface area contributed by atoms with Crippen LogP contribution in [0.2, 0.25) is 5.02 Å². The Labute approximate surface area is 146 Å². The number of ether oxygens (including phenoxy) is 1. The summed E-state index contributed by atoms with van der Waals surface area (Å²) in [7, 11) is 0. The molecule has 122 valence electrons. The van der Waals surface area contributed by atoms with Crippen LogP contribution in [0.1, 0.15) is 23.7 Å². The molecule has 1 unspecified atom stereocenters. The lowest BCUT2D eigenvalue weighted by atomic mass is 10.0. The molecule has 3 rings (SSSR count). The van der Waals surface area contributed by atoms with Gasteiger partial charge in [0.2, 0.25) is 0 Å². The Hall–Kier alpha value is -2.52. The normalized spacial score (nSPS) is 16.4. The van der Waals surface area contributed by atoms with Gasteiger partial charge >= 0.3 is 0 Å². The Morgan fingerprint density at radius 3 is 2.71 bits per heavy atom. The first-order valence-electron chi connectivity index (χ1n) is 7.83. The van der Waals surface area contributed by atoms with Gasteiger partial charge in [-0.25, -0.2) is 0 Å². The van der Waals surface area contributed by atoms with Crippen molar-refractivity contribution in [2.75, 3.05) is 5.32 Å². The van der Waals surface area contributed by atoms with Crippen molar-refractivity contribution in [3.63, 3.8) is 0 Å². The van der Waals surface area contributed by atoms with Crippen LogP contribution >= 0.6 is 11.6 Å². The first-order chi connectivity index (χ1) is 11.6. The maximum Gasteiger partial charge on any atom is 0.255 e. The predicted octanol–water partition coefficient (Wildman–Crippen LogP) is 5.45. The highest BCUT2D eigenvalue weighted by Crippen LogP contribution is 2.25. The monoisotopic (exact) mass is 339 g/mol. The Bertz CT molecular complexity index is 794. The lowest BCUT2D eigenvalue weighted by Gasteiger charge is -2.18. The summed E-state index contributed by atoms with van der Waals surface area (Å²) >= 11 is 5.91. The van der Waals surface area contributed by atoms with Gasteiger partial charge < -0.3 is 10.1 Å². The third kappa shape index (κ3) is 4.06. The minimum absolute atomic E-state index is 0.195. The predicted molar refractivity (Wildman–Crippen MR) is 97.5 cm³/mol. The molecule has 0 fully saturated rings. The van der Waals surface area contributed by atoms with Crippen LogP contribution in [0.5, 0.6) is 5.75 Å². The highest BCUT2D eigenvalue weighted by molar-refractivity contribution is 6.31. The molecule has 0 heterocycles. The van der Waals surface area contributed by atoms with Crippen molar-refractivity contribution in [3.8, 4) is 5.75 Å². The number of halogens is 1. The third-order valence-corrected chi connectivity index (χ3v) is 4.04. The van der Waals surface area contributed by atoms with Crippen LogP contribution in [0.25, 0.3) is 0 Å². The van der Waals surface area contributed by atoms with Gasteiger partial charge in [0.1, 0.15) is 11.5 Å². The van der Waals surface area contributed by atoms with E-state index >= 15 is 0 Å². The van der Waals surface area contributed by atoms with Gasteiger partial charge in [-0.1, -0.05) is 36.7 Å². The first-order valence-corrected chi connectivity index (χ1v) is 8.21. The van der Waals surface area contributed by atoms with E-state index in [0.717, 1.165) is 17.9 Å². The molecule has 2 aromatic carbocycles. The van der Waals surface area contributed by atoms with Gasteiger partial charge in [0, 0.05) is 22.2 Å². The zero-order valence-corrected chi connectivity index (χ0v) is 14.1. The van der Waals surface area contributed by atoms with Gasteiger partial charge in [-0.05, 0) is 55.0 Å². The van der Waals surface area contributed by atoms with Crippen molar-refractivity contribution >= 4 is 23.2 Å². The number of anilines is 1. The Kier molecular flexibility index (Phi) is 5.02. The van der Waals surface area contributed by atoms with Crippen LogP contribution in [0.3, 0.4) is 0 Å². The minimum atomic E-state index is -0.195. The van der Waals surface area contributed by atoms with E-state index < -0.39 is 0 Å². The summed E-state index contributed by atoms with van der Waals surface area (Å²) in [6.45, 7) is 2.13. The van der Waals surface area contributed by atoms with Gasteiger partial charge in [0.25, 0.3) is 5.91 Å². The van der Waals surface area contributed by atoms with Gasteiger partial charge in [-0.2, -0.15) is 0 Å². The topological polar surface area (TPSA) is 38.3 Å². The third-order valence-electron chi connectivity index (χ3n) is 3.81. The van der Waals surface area contributed by atoms with Crippen molar-refractivity contribution in [2.45, 2.75) is 13.3 Å². The number of nitrogens with one attached hydrogen (secondary N) is 1. The Morgan fingerprint density at radius 1 is 1.21 bits per heavy atom. The molecule has 1 aliphatic rings. The number of carbonyl (C=O) groups is 1. The molecule has 0 bridgehead atoms. The molecule has 1 atom stereocenters. The van der Waals surface area contributed by atoms with E-state index in [1.807, 2.05) is 36.4 Å². The average molecular weight is 340 g/mol.